The Balaban J connectivity index is 3.15. The molecule has 2 heteroatoms. The predicted octanol–water partition coefficient (Wildman–Crippen LogP) is 2.44. The Labute approximate surface area is 71.7 Å². The van der Waals surface area contributed by atoms with Gasteiger partial charge in [0.15, 0.2) is 0 Å². The summed E-state index contributed by atoms with van der Waals surface area (Å²) in [6.45, 7) is 3.73. The van der Waals surface area contributed by atoms with Crippen molar-refractivity contribution in [2.75, 3.05) is 0 Å². The fourth-order valence-corrected chi connectivity index (χ4v) is 1.00. The van der Waals surface area contributed by atoms with Crippen LogP contribution in [0.5, 0.6) is 5.75 Å². The smallest absolute Gasteiger partial charge is 0.118 e. The highest BCUT2D eigenvalue weighted by molar-refractivity contribution is 7.80. The van der Waals surface area contributed by atoms with Crippen LogP contribution in [-0.4, -0.2) is 9.97 Å². The van der Waals surface area contributed by atoms with Crippen LogP contribution in [0.25, 0.3) is 0 Å². The first-order chi connectivity index (χ1) is 5.11. The molecule has 0 spiro atoms. The van der Waals surface area contributed by atoms with E-state index in [2.05, 4.69) is 0 Å². The van der Waals surface area contributed by atoms with Crippen molar-refractivity contribution in [3.8, 4) is 5.75 Å². The molecule has 1 nitrogen and oxygen atoms in total. The summed E-state index contributed by atoms with van der Waals surface area (Å²) >= 11 is 4.98. The van der Waals surface area contributed by atoms with E-state index in [-0.39, 0.29) is 0 Å². The van der Waals surface area contributed by atoms with Crippen LogP contribution in [0.3, 0.4) is 0 Å². The summed E-state index contributed by atoms with van der Waals surface area (Å²) < 4.78 is 0. The summed E-state index contributed by atoms with van der Waals surface area (Å²) in [5, 5.41) is 9.18. The van der Waals surface area contributed by atoms with Gasteiger partial charge in [-0.3, -0.25) is 0 Å². The number of thiocarbonyl (C=S) groups is 1. The zero-order valence-electron chi connectivity index (χ0n) is 6.59. The van der Waals surface area contributed by atoms with Crippen molar-refractivity contribution in [1.29, 1.82) is 0 Å². The largest absolute Gasteiger partial charge is 0.508 e. The highest BCUT2D eigenvalue weighted by Gasteiger charge is 1.98. The van der Waals surface area contributed by atoms with Crippen LogP contribution < -0.4 is 0 Å². The molecule has 0 atom stereocenters. The number of benzene rings is 1. The Morgan fingerprint density at radius 2 is 2.09 bits per heavy atom. The van der Waals surface area contributed by atoms with Crippen molar-refractivity contribution >= 4 is 17.1 Å². The SMILES string of the molecule is CC(=S)c1ccc(O)c(C)c1. The second-order valence-corrected chi connectivity index (χ2v) is 3.17. The molecular weight excluding hydrogens is 156 g/mol. The van der Waals surface area contributed by atoms with E-state index in [1.807, 2.05) is 26.0 Å². The average Bonchev–Trinajstić information content (AvgIpc) is 1.94. The van der Waals surface area contributed by atoms with E-state index in [1.165, 1.54) is 0 Å². The van der Waals surface area contributed by atoms with Gasteiger partial charge in [0, 0.05) is 4.86 Å². The molecule has 11 heavy (non-hydrogen) atoms. The highest BCUT2D eigenvalue weighted by Crippen LogP contribution is 2.17. The molecule has 0 aromatic heterocycles. The second kappa shape index (κ2) is 3.01. The lowest BCUT2D eigenvalue weighted by molar-refractivity contribution is 0.471. The number of hydrogen-bond acceptors (Lipinski definition) is 2. The van der Waals surface area contributed by atoms with Crippen LogP contribution in [-0.2, 0) is 0 Å². The fraction of sp³-hybridized carbons (Fsp3) is 0.222. The minimum atomic E-state index is 0.324. The fourth-order valence-electron chi connectivity index (χ4n) is 0.874. The quantitative estimate of drug-likeness (QED) is 0.511. The molecule has 0 heterocycles. The Morgan fingerprint density at radius 3 is 2.55 bits per heavy atom. The first-order valence-electron chi connectivity index (χ1n) is 3.42. The van der Waals surface area contributed by atoms with E-state index >= 15 is 0 Å². The van der Waals surface area contributed by atoms with E-state index in [1.54, 1.807) is 6.07 Å². The van der Waals surface area contributed by atoms with E-state index in [0.29, 0.717) is 5.75 Å². The summed E-state index contributed by atoms with van der Waals surface area (Å²) in [6, 6.07) is 5.38. The molecule has 1 N–H and O–H groups in total. The van der Waals surface area contributed by atoms with Gasteiger partial charge >= 0.3 is 0 Å². The lowest BCUT2D eigenvalue weighted by atomic mass is 10.1. The Hall–Kier alpha value is -0.890. The standard InChI is InChI=1S/C9H10OS/c1-6-5-8(7(2)11)3-4-9(6)10/h3-5,10H,1-2H3. The molecule has 0 bridgehead atoms. The molecule has 1 aromatic carbocycles. The van der Waals surface area contributed by atoms with E-state index in [9.17, 15) is 5.11 Å². The molecule has 1 rings (SSSR count). The van der Waals surface area contributed by atoms with E-state index in [4.69, 9.17) is 12.2 Å². The van der Waals surface area contributed by atoms with Crippen LogP contribution in [0, 0.1) is 6.92 Å². The third-order valence-corrected chi connectivity index (χ3v) is 1.84. The summed E-state index contributed by atoms with van der Waals surface area (Å²) in [4.78, 5) is 0.855. The van der Waals surface area contributed by atoms with Crippen LogP contribution in [0.1, 0.15) is 18.1 Å². The summed E-state index contributed by atoms with van der Waals surface area (Å²) in [7, 11) is 0. The minimum absolute atomic E-state index is 0.324. The van der Waals surface area contributed by atoms with Gasteiger partial charge in [-0.1, -0.05) is 18.3 Å². The molecule has 0 amide bonds. The number of aromatic hydroxyl groups is 1. The van der Waals surface area contributed by atoms with Crippen LogP contribution in [0.4, 0.5) is 0 Å². The second-order valence-electron chi connectivity index (χ2n) is 2.56. The maximum absolute atomic E-state index is 9.18. The molecule has 0 saturated heterocycles. The van der Waals surface area contributed by atoms with E-state index in [0.717, 1.165) is 16.0 Å². The zero-order chi connectivity index (χ0) is 8.43. The van der Waals surface area contributed by atoms with Crippen LogP contribution >= 0.6 is 12.2 Å². The van der Waals surface area contributed by atoms with Crippen molar-refractivity contribution < 1.29 is 5.11 Å². The lowest BCUT2D eigenvalue weighted by Gasteiger charge is -2.01. The monoisotopic (exact) mass is 166 g/mol. The van der Waals surface area contributed by atoms with Crippen molar-refractivity contribution in [2.45, 2.75) is 13.8 Å². The predicted molar refractivity (Wildman–Crippen MR) is 50.2 cm³/mol. The van der Waals surface area contributed by atoms with Gasteiger partial charge in [-0.05, 0) is 37.1 Å². The normalized spacial score (nSPS) is 9.64. The Morgan fingerprint density at radius 1 is 1.45 bits per heavy atom. The molecule has 0 aliphatic rings. The molecule has 58 valence electrons. The highest BCUT2D eigenvalue weighted by atomic mass is 32.1. The molecule has 0 aliphatic heterocycles. The number of hydrogen-bond donors (Lipinski definition) is 1. The van der Waals surface area contributed by atoms with Gasteiger partial charge in [-0.25, -0.2) is 0 Å². The van der Waals surface area contributed by atoms with E-state index < -0.39 is 0 Å². The average molecular weight is 166 g/mol. The molecular formula is C9H10OS. The van der Waals surface area contributed by atoms with Gasteiger partial charge in [0.2, 0.25) is 0 Å². The van der Waals surface area contributed by atoms with Gasteiger partial charge < -0.3 is 5.11 Å². The van der Waals surface area contributed by atoms with Gasteiger partial charge in [-0.15, -0.1) is 0 Å². The number of phenolic OH excluding ortho intramolecular Hbond substituents is 1. The third kappa shape index (κ3) is 1.77. The number of aryl methyl sites for hydroxylation is 1. The Bertz CT molecular complexity index is 292. The minimum Gasteiger partial charge on any atom is -0.508 e. The molecule has 1 aromatic rings. The first-order valence-corrected chi connectivity index (χ1v) is 3.82. The molecule has 0 aliphatic carbocycles. The zero-order valence-corrected chi connectivity index (χ0v) is 7.40. The topological polar surface area (TPSA) is 20.2 Å². The Kier molecular flexibility index (Phi) is 2.25. The molecule has 0 unspecified atom stereocenters. The third-order valence-electron chi connectivity index (χ3n) is 1.60. The van der Waals surface area contributed by atoms with Crippen molar-refractivity contribution in [2.24, 2.45) is 0 Å². The lowest BCUT2D eigenvalue weighted by Crippen LogP contribution is -1.89. The summed E-state index contributed by atoms with van der Waals surface area (Å²) in [6.07, 6.45) is 0. The number of phenols is 1. The molecule has 0 saturated carbocycles. The van der Waals surface area contributed by atoms with Gasteiger partial charge in [-0.2, -0.15) is 0 Å². The van der Waals surface area contributed by atoms with Gasteiger partial charge in [0.1, 0.15) is 5.75 Å². The van der Waals surface area contributed by atoms with Crippen molar-refractivity contribution in [3.05, 3.63) is 29.3 Å². The van der Waals surface area contributed by atoms with Gasteiger partial charge in [0.25, 0.3) is 0 Å². The van der Waals surface area contributed by atoms with Crippen LogP contribution in [0.15, 0.2) is 18.2 Å². The maximum Gasteiger partial charge on any atom is 0.118 e. The first kappa shape index (κ1) is 8.21. The maximum atomic E-state index is 9.18. The van der Waals surface area contributed by atoms with Crippen molar-refractivity contribution in [3.63, 3.8) is 0 Å². The summed E-state index contributed by atoms with van der Waals surface area (Å²) in [5.74, 6) is 0.324. The molecule has 0 radical (unpaired) electrons. The van der Waals surface area contributed by atoms with Crippen LogP contribution in [0.2, 0.25) is 0 Å². The van der Waals surface area contributed by atoms with Gasteiger partial charge in [0.05, 0.1) is 0 Å². The summed E-state index contributed by atoms with van der Waals surface area (Å²) in [5.41, 5.74) is 1.88. The number of rotatable bonds is 1. The molecule has 0 fully saturated rings. The van der Waals surface area contributed by atoms with Crippen molar-refractivity contribution in [1.82, 2.24) is 0 Å².